The fourth-order valence-electron chi connectivity index (χ4n) is 2.39. The van der Waals surface area contributed by atoms with E-state index in [1.165, 1.54) is 6.33 Å². The summed E-state index contributed by atoms with van der Waals surface area (Å²) >= 11 is 3.33. The summed E-state index contributed by atoms with van der Waals surface area (Å²) in [7, 11) is 0. The van der Waals surface area contributed by atoms with Crippen LogP contribution in [0.1, 0.15) is 12.5 Å². The highest BCUT2D eigenvalue weighted by Gasteiger charge is 2.25. The molecule has 0 amide bonds. The van der Waals surface area contributed by atoms with Crippen molar-refractivity contribution in [3.05, 3.63) is 75.0 Å². The molecule has 1 N–H and O–H groups in total. The highest BCUT2D eigenvalue weighted by molar-refractivity contribution is 9.10. The second-order valence-electron chi connectivity index (χ2n) is 5.32. The van der Waals surface area contributed by atoms with E-state index in [9.17, 15) is 10.1 Å². The summed E-state index contributed by atoms with van der Waals surface area (Å²) < 4.78 is 6.48. The standard InChI is InChI=1S/C18H15BrN4O3/c1-2-12-5-3-4-6-15(12)22-17-16(23(24)25)18(21-11-20-17)26-14-9-7-13(19)8-10-14/h3-11H,2H2,1H3,(H,20,21,22). The molecule has 1 heterocycles. The number of benzene rings is 2. The number of rotatable bonds is 6. The molecule has 26 heavy (non-hydrogen) atoms. The molecule has 7 nitrogen and oxygen atoms in total. The first-order valence-corrected chi connectivity index (χ1v) is 8.65. The van der Waals surface area contributed by atoms with Gasteiger partial charge in [0.2, 0.25) is 5.82 Å². The number of nitro groups is 1. The molecule has 0 saturated heterocycles. The molecule has 3 aromatic rings. The lowest BCUT2D eigenvalue weighted by molar-refractivity contribution is -0.385. The van der Waals surface area contributed by atoms with Crippen LogP contribution in [0.3, 0.4) is 0 Å². The van der Waals surface area contributed by atoms with Crippen molar-refractivity contribution in [2.45, 2.75) is 13.3 Å². The van der Waals surface area contributed by atoms with Gasteiger partial charge in [-0.05, 0) is 42.3 Å². The zero-order valence-electron chi connectivity index (χ0n) is 13.8. The van der Waals surface area contributed by atoms with E-state index in [4.69, 9.17) is 4.74 Å². The van der Waals surface area contributed by atoms with Crippen LogP contribution in [-0.2, 0) is 6.42 Å². The van der Waals surface area contributed by atoms with Gasteiger partial charge in [0, 0.05) is 10.2 Å². The van der Waals surface area contributed by atoms with Crippen LogP contribution in [0.4, 0.5) is 17.2 Å². The van der Waals surface area contributed by atoms with Crippen LogP contribution < -0.4 is 10.1 Å². The predicted octanol–water partition coefficient (Wildman–Crippen LogP) is 5.25. The summed E-state index contributed by atoms with van der Waals surface area (Å²) in [4.78, 5) is 19.1. The van der Waals surface area contributed by atoms with Crippen molar-refractivity contribution in [1.82, 2.24) is 9.97 Å². The summed E-state index contributed by atoms with van der Waals surface area (Å²) in [5.74, 6) is 0.400. The van der Waals surface area contributed by atoms with E-state index in [1.54, 1.807) is 24.3 Å². The molecule has 132 valence electrons. The number of nitrogens with zero attached hydrogens (tertiary/aromatic N) is 3. The predicted molar refractivity (Wildman–Crippen MR) is 102 cm³/mol. The van der Waals surface area contributed by atoms with Crippen molar-refractivity contribution in [1.29, 1.82) is 0 Å². The van der Waals surface area contributed by atoms with Gasteiger partial charge in [0.15, 0.2) is 0 Å². The summed E-state index contributed by atoms with van der Waals surface area (Å²) in [6.07, 6.45) is 2.02. The normalized spacial score (nSPS) is 10.4. The number of halogens is 1. The van der Waals surface area contributed by atoms with Crippen molar-refractivity contribution in [2.75, 3.05) is 5.32 Å². The average molecular weight is 415 g/mol. The SMILES string of the molecule is CCc1ccccc1Nc1ncnc(Oc2ccc(Br)cc2)c1[N+](=O)[O-]. The minimum atomic E-state index is -0.551. The van der Waals surface area contributed by atoms with Crippen LogP contribution in [0.15, 0.2) is 59.3 Å². The molecular weight excluding hydrogens is 400 g/mol. The third-order valence-corrected chi connectivity index (χ3v) is 4.18. The van der Waals surface area contributed by atoms with Crippen LogP contribution in [0.25, 0.3) is 0 Å². The van der Waals surface area contributed by atoms with Crippen molar-refractivity contribution in [3.63, 3.8) is 0 Å². The molecule has 2 aromatic carbocycles. The smallest absolute Gasteiger partial charge is 0.373 e. The first kappa shape index (κ1) is 17.8. The minimum absolute atomic E-state index is 0.0815. The molecule has 0 aliphatic carbocycles. The number of aromatic nitrogens is 2. The lowest BCUT2D eigenvalue weighted by Crippen LogP contribution is -2.04. The highest BCUT2D eigenvalue weighted by atomic mass is 79.9. The first-order valence-electron chi connectivity index (χ1n) is 7.86. The number of hydrogen-bond acceptors (Lipinski definition) is 6. The van der Waals surface area contributed by atoms with Crippen LogP contribution in [0.2, 0.25) is 0 Å². The summed E-state index contributed by atoms with van der Waals surface area (Å²) in [6, 6.07) is 14.5. The monoisotopic (exact) mass is 414 g/mol. The molecule has 1 aromatic heterocycles. The van der Waals surface area contributed by atoms with Gasteiger partial charge < -0.3 is 10.1 Å². The number of ether oxygens (including phenoxy) is 1. The van der Waals surface area contributed by atoms with Gasteiger partial charge in [0.05, 0.1) is 4.92 Å². The molecule has 0 aliphatic rings. The van der Waals surface area contributed by atoms with Gasteiger partial charge in [-0.2, -0.15) is 4.98 Å². The van der Waals surface area contributed by atoms with Crippen molar-refractivity contribution >= 4 is 33.1 Å². The van der Waals surface area contributed by atoms with Gasteiger partial charge in [0.1, 0.15) is 12.1 Å². The molecule has 0 aliphatic heterocycles. The van der Waals surface area contributed by atoms with E-state index in [0.29, 0.717) is 5.75 Å². The van der Waals surface area contributed by atoms with Crippen LogP contribution in [0.5, 0.6) is 11.6 Å². The van der Waals surface area contributed by atoms with E-state index in [2.05, 4.69) is 31.2 Å². The zero-order valence-corrected chi connectivity index (χ0v) is 15.4. The molecule has 3 rings (SSSR count). The van der Waals surface area contributed by atoms with Gasteiger partial charge in [-0.3, -0.25) is 10.1 Å². The maximum Gasteiger partial charge on any atom is 0.373 e. The molecule has 8 heteroatoms. The topological polar surface area (TPSA) is 90.2 Å². The second kappa shape index (κ2) is 7.92. The molecule has 0 unspecified atom stereocenters. The molecule has 0 atom stereocenters. The van der Waals surface area contributed by atoms with E-state index in [-0.39, 0.29) is 17.4 Å². The first-order chi connectivity index (χ1) is 12.6. The largest absolute Gasteiger partial charge is 0.434 e. The Hall–Kier alpha value is -3.00. The van der Waals surface area contributed by atoms with Gasteiger partial charge in [-0.15, -0.1) is 0 Å². The van der Waals surface area contributed by atoms with Crippen LogP contribution in [0, 0.1) is 10.1 Å². The fourth-order valence-corrected chi connectivity index (χ4v) is 2.65. The van der Waals surface area contributed by atoms with Crippen molar-refractivity contribution < 1.29 is 9.66 Å². The number of aryl methyl sites for hydroxylation is 1. The maximum absolute atomic E-state index is 11.6. The van der Waals surface area contributed by atoms with Crippen molar-refractivity contribution in [3.8, 4) is 11.6 Å². The lowest BCUT2D eigenvalue weighted by atomic mass is 10.1. The molecular formula is C18H15BrN4O3. The Morgan fingerprint density at radius 3 is 2.58 bits per heavy atom. The molecule has 0 spiro atoms. The summed E-state index contributed by atoms with van der Waals surface area (Å²) in [6.45, 7) is 2.01. The summed E-state index contributed by atoms with van der Waals surface area (Å²) in [5.41, 5.74) is 1.46. The third-order valence-electron chi connectivity index (χ3n) is 3.65. The Labute approximate surface area is 158 Å². The van der Waals surface area contributed by atoms with Crippen molar-refractivity contribution in [2.24, 2.45) is 0 Å². The Bertz CT molecular complexity index is 932. The van der Waals surface area contributed by atoms with Gasteiger partial charge >= 0.3 is 11.6 Å². The van der Waals surface area contributed by atoms with Gasteiger partial charge in [-0.25, -0.2) is 4.98 Å². The van der Waals surface area contributed by atoms with E-state index < -0.39 is 4.92 Å². The second-order valence-corrected chi connectivity index (χ2v) is 6.24. The molecule has 0 saturated carbocycles. The summed E-state index contributed by atoms with van der Waals surface area (Å²) in [5, 5.41) is 14.7. The van der Waals surface area contributed by atoms with Crippen LogP contribution >= 0.6 is 15.9 Å². The molecule has 0 bridgehead atoms. The van der Waals surface area contributed by atoms with E-state index >= 15 is 0 Å². The quantitative estimate of drug-likeness (QED) is 0.437. The molecule has 0 fully saturated rings. The van der Waals surface area contributed by atoms with Crippen LogP contribution in [-0.4, -0.2) is 14.9 Å². The van der Waals surface area contributed by atoms with E-state index in [1.807, 2.05) is 31.2 Å². The highest BCUT2D eigenvalue weighted by Crippen LogP contribution is 2.36. The maximum atomic E-state index is 11.6. The van der Waals surface area contributed by atoms with Gasteiger partial charge in [0.25, 0.3) is 0 Å². The Morgan fingerprint density at radius 1 is 1.15 bits per heavy atom. The minimum Gasteiger partial charge on any atom is -0.434 e. The average Bonchev–Trinajstić information content (AvgIpc) is 2.64. The van der Waals surface area contributed by atoms with E-state index in [0.717, 1.165) is 22.1 Å². The number of hydrogen-bond donors (Lipinski definition) is 1. The number of para-hydroxylation sites is 1. The Balaban J connectivity index is 1.98. The van der Waals surface area contributed by atoms with Gasteiger partial charge in [-0.1, -0.05) is 41.1 Å². The third kappa shape index (κ3) is 3.97. The number of anilines is 2. The Morgan fingerprint density at radius 2 is 1.88 bits per heavy atom. The molecule has 0 radical (unpaired) electrons. The Kier molecular flexibility index (Phi) is 5.43. The zero-order chi connectivity index (χ0) is 18.5. The lowest BCUT2D eigenvalue weighted by Gasteiger charge is -2.11. The number of nitrogens with one attached hydrogen (secondary N) is 1. The fraction of sp³-hybridized carbons (Fsp3) is 0.111.